The molecule has 1 aromatic carbocycles. The van der Waals surface area contributed by atoms with Gasteiger partial charge in [0.15, 0.2) is 0 Å². The molecule has 0 atom stereocenters. The zero-order valence-corrected chi connectivity index (χ0v) is 8.81. The van der Waals surface area contributed by atoms with Crippen LogP contribution in [0.2, 0.25) is 0 Å². The molecule has 0 N–H and O–H groups in total. The van der Waals surface area contributed by atoms with Crippen LogP contribution >= 0.6 is 0 Å². The average Bonchev–Trinajstić information content (AvgIpc) is 2.60. The third kappa shape index (κ3) is 1.35. The lowest BCUT2D eigenvalue weighted by molar-refractivity contribution is 0.535. The Labute approximate surface area is 83.9 Å². The molecular formula is C11H15N3. The zero-order chi connectivity index (χ0) is 10.1. The van der Waals surface area contributed by atoms with E-state index in [0.29, 0.717) is 6.04 Å². The first kappa shape index (κ1) is 9.06. The van der Waals surface area contributed by atoms with E-state index in [0.717, 1.165) is 5.52 Å². The zero-order valence-electron chi connectivity index (χ0n) is 8.81. The molecule has 0 radical (unpaired) electrons. The summed E-state index contributed by atoms with van der Waals surface area (Å²) in [7, 11) is 2.05. The molecule has 0 bridgehead atoms. The van der Waals surface area contributed by atoms with Gasteiger partial charge in [-0.1, -0.05) is 18.2 Å². The molecule has 0 fully saturated rings. The number of aromatic nitrogens is 2. The third-order valence-corrected chi connectivity index (χ3v) is 2.50. The maximum atomic E-state index is 4.36. The minimum absolute atomic E-state index is 0.443. The highest BCUT2D eigenvalue weighted by Crippen LogP contribution is 2.13. The molecule has 74 valence electrons. The fourth-order valence-electron chi connectivity index (χ4n) is 1.43. The van der Waals surface area contributed by atoms with Gasteiger partial charge >= 0.3 is 0 Å². The van der Waals surface area contributed by atoms with Crippen LogP contribution in [0.3, 0.4) is 0 Å². The average molecular weight is 189 g/mol. The number of rotatable bonds is 2. The van der Waals surface area contributed by atoms with Gasteiger partial charge in [-0.3, -0.25) is 5.01 Å². The van der Waals surface area contributed by atoms with Crippen molar-refractivity contribution >= 4 is 10.9 Å². The van der Waals surface area contributed by atoms with Crippen LogP contribution in [0.4, 0.5) is 0 Å². The van der Waals surface area contributed by atoms with E-state index in [2.05, 4.69) is 36.1 Å². The molecule has 1 heterocycles. The van der Waals surface area contributed by atoms with Gasteiger partial charge in [0.2, 0.25) is 0 Å². The lowest BCUT2D eigenvalue weighted by atomic mass is 10.3. The summed E-state index contributed by atoms with van der Waals surface area (Å²) in [5.41, 5.74) is 1.16. The van der Waals surface area contributed by atoms with Crippen LogP contribution in [-0.4, -0.2) is 23.0 Å². The summed E-state index contributed by atoms with van der Waals surface area (Å²) in [4.78, 5) is 1.94. The first-order chi connectivity index (χ1) is 6.70. The number of para-hydroxylation sites is 1. The normalized spacial score (nSPS) is 11.1. The lowest BCUT2D eigenvalue weighted by Gasteiger charge is -2.23. The lowest BCUT2D eigenvalue weighted by Crippen LogP contribution is -2.37. The van der Waals surface area contributed by atoms with Crippen molar-refractivity contribution in [3.05, 3.63) is 30.5 Å². The van der Waals surface area contributed by atoms with Crippen molar-refractivity contribution in [2.75, 3.05) is 12.1 Å². The van der Waals surface area contributed by atoms with Crippen LogP contribution in [0, 0.1) is 0 Å². The maximum absolute atomic E-state index is 4.36. The van der Waals surface area contributed by atoms with E-state index in [1.165, 1.54) is 5.39 Å². The van der Waals surface area contributed by atoms with Crippen molar-refractivity contribution in [1.29, 1.82) is 0 Å². The molecular weight excluding hydrogens is 174 g/mol. The Kier molecular flexibility index (Phi) is 2.15. The molecule has 14 heavy (non-hydrogen) atoms. The minimum atomic E-state index is 0.443. The van der Waals surface area contributed by atoms with Crippen LogP contribution in [0.5, 0.6) is 0 Å². The highest BCUT2D eigenvalue weighted by atomic mass is 15.7. The molecule has 0 aliphatic carbocycles. The molecule has 0 spiro atoms. The fourth-order valence-corrected chi connectivity index (χ4v) is 1.43. The summed E-state index contributed by atoms with van der Waals surface area (Å²) in [6, 6.07) is 8.67. The summed E-state index contributed by atoms with van der Waals surface area (Å²) in [5.74, 6) is 0. The van der Waals surface area contributed by atoms with Gasteiger partial charge in [0.25, 0.3) is 0 Å². The number of hydrogen-bond donors (Lipinski definition) is 0. The number of nitrogens with zero attached hydrogens (tertiary/aromatic N) is 3. The molecule has 1 aromatic heterocycles. The highest BCUT2D eigenvalue weighted by Gasteiger charge is 2.07. The minimum Gasteiger partial charge on any atom is -0.297 e. The van der Waals surface area contributed by atoms with E-state index in [1.807, 2.05) is 30.2 Å². The first-order valence-electron chi connectivity index (χ1n) is 4.86. The Morgan fingerprint density at radius 2 is 2.00 bits per heavy atom. The standard InChI is InChI=1S/C11H15N3/c1-9(2)13(3)14-11-7-5-4-6-10(11)8-12-14/h4-9H,1-3H3. The van der Waals surface area contributed by atoms with Crippen molar-refractivity contribution in [1.82, 2.24) is 9.89 Å². The van der Waals surface area contributed by atoms with Crippen LogP contribution in [0.15, 0.2) is 30.5 Å². The van der Waals surface area contributed by atoms with E-state index in [1.54, 1.807) is 0 Å². The topological polar surface area (TPSA) is 21.1 Å². The molecule has 3 heteroatoms. The van der Waals surface area contributed by atoms with Gasteiger partial charge < -0.3 is 0 Å². The smallest absolute Gasteiger partial charge is 0.0920 e. The van der Waals surface area contributed by atoms with E-state index >= 15 is 0 Å². The summed E-state index contributed by atoms with van der Waals surface area (Å²) in [6.45, 7) is 4.30. The predicted molar refractivity (Wildman–Crippen MR) is 59.0 cm³/mol. The molecule has 3 nitrogen and oxygen atoms in total. The molecule has 0 aliphatic rings. The Morgan fingerprint density at radius 1 is 1.29 bits per heavy atom. The van der Waals surface area contributed by atoms with E-state index in [9.17, 15) is 0 Å². The molecule has 0 amide bonds. The Bertz CT molecular complexity index is 431. The quantitative estimate of drug-likeness (QED) is 0.720. The van der Waals surface area contributed by atoms with Gasteiger partial charge in [-0.2, -0.15) is 9.89 Å². The summed E-state index contributed by atoms with van der Waals surface area (Å²) >= 11 is 0. The van der Waals surface area contributed by atoms with Crippen molar-refractivity contribution in [3.63, 3.8) is 0 Å². The van der Waals surface area contributed by atoms with Gasteiger partial charge in [0.1, 0.15) is 0 Å². The maximum Gasteiger partial charge on any atom is 0.0920 e. The van der Waals surface area contributed by atoms with Crippen LogP contribution < -0.4 is 5.01 Å². The van der Waals surface area contributed by atoms with Gasteiger partial charge in [-0.15, -0.1) is 0 Å². The van der Waals surface area contributed by atoms with Crippen molar-refractivity contribution in [3.8, 4) is 0 Å². The Hall–Kier alpha value is -1.51. The Morgan fingerprint density at radius 3 is 2.71 bits per heavy atom. The molecule has 0 saturated heterocycles. The van der Waals surface area contributed by atoms with Gasteiger partial charge in [0, 0.05) is 18.5 Å². The number of hydrogen-bond acceptors (Lipinski definition) is 2. The molecule has 2 rings (SSSR count). The number of benzene rings is 1. The molecule has 0 saturated carbocycles. The second kappa shape index (κ2) is 3.33. The summed E-state index contributed by atoms with van der Waals surface area (Å²) in [6.07, 6.45) is 1.90. The Balaban J connectivity index is 2.53. The molecule has 2 aromatic rings. The third-order valence-electron chi connectivity index (χ3n) is 2.50. The summed E-state index contributed by atoms with van der Waals surface area (Å²) < 4.78 is 0. The fraction of sp³-hybridized carbons (Fsp3) is 0.364. The highest BCUT2D eigenvalue weighted by molar-refractivity contribution is 5.78. The van der Waals surface area contributed by atoms with Crippen molar-refractivity contribution in [2.45, 2.75) is 19.9 Å². The van der Waals surface area contributed by atoms with Gasteiger partial charge in [0.05, 0.1) is 11.7 Å². The molecule has 0 unspecified atom stereocenters. The van der Waals surface area contributed by atoms with Crippen molar-refractivity contribution in [2.24, 2.45) is 0 Å². The first-order valence-corrected chi connectivity index (χ1v) is 4.86. The van der Waals surface area contributed by atoms with Gasteiger partial charge in [-0.25, -0.2) is 0 Å². The largest absolute Gasteiger partial charge is 0.297 e. The number of fused-ring (bicyclic) bond motifs is 1. The monoisotopic (exact) mass is 189 g/mol. The predicted octanol–water partition coefficient (Wildman–Crippen LogP) is 2.01. The van der Waals surface area contributed by atoms with Crippen LogP contribution in [-0.2, 0) is 0 Å². The second-order valence-electron chi connectivity index (χ2n) is 3.76. The summed E-state index contributed by atoms with van der Waals surface area (Å²) in [5, 5.41) is 7.65. The van der Waals surface area contributed by atoms with E-state index in [4.69, 9.17) is 0 Å². The SMILES string of the molecule is CC(C)N(C)n1ncc2ccccc21. The van der Waals surface area contributed by atoms with Crippen LogP contribution in [0.25, 0.3) is 10.9 Å². The second-order valence-corrected chi connectivity index (χ2v) is 3.76. The van der Waals surface area contributed by atoms with Crippen molar-refractivity contribution < 1.29 is 0 Å². The van der Waals surface area contributed by atoms with Gasteiger partial charge in [-0.05, 0) is 19.9 Å². The molecule has 0 aliphatic heterocycles. The van der Waals surface area contributed by atoms with E-state index < -0.39 is 0 Å². The van der Waals surface area contributed by atoms with E-state index in [-0.39, 0.29) is 0 Å². The van der Waals surface area contributed by atoms with Crippen LogP contribution in [0.1, 0.15) is 13.8 Å².